The molecule has 202 valence electrons. The minimum absolute atomic E-state index is 0.145. The number of anilines is 3. The molecule has 0 saturated carbocycles. The summed E-state index contributed by atoms with van der Waals surface area (Å²) in [6.45, 7) is 8.61. The minimum atomic E-state index is -4.53. The highest BCUT2D eigenvalue weighted by atomic mass is 32.2. The number of para-hydroxylation sites is 2. The van der Waals surface area contributed by atoms with E-state index >= 15 is 0 Å². The van der Waals surface area contributed by atoms with E-state index in [-0.39, 0.29) is 12.4 Å². The monoisotopic (exact) mass is 534 g/mol. The number of hydrogen-bond donors (Lipinski definition) is 2. The van der Waals surface area contributed by atoms with Crippen molar-refractivity contribution in [3.05, 3.63) is 60.3 Å². The van der Waals surface area contributed by atoms with Crippen molar-refractivity contribution < 1.29 is 17.9 Å². The van der Waals surface area contributed by atoms with Crippen LogP contribution in [-0.2, 0) is 6.18 Å². The van der Waals surface area contributed by atoms with Gasteiger partial charge in [-0.2, -0.15) is 13.2 Å². The van der Waals surface area contributed by atoms with Gasteiger partial charge in [0.25, 0.3) is 0 Å². The Labute approximate surface area is 222 Å². The Morgan fingerprint density at radius 3 is 2.57 bits per heavy atom. The molecule has 1 atom stereocenters. The summed E-state index contributed by atoms with van der Waals surface area (Å²) in [5, 5.41) is 3.58. The quantitative estimate of drug-likeness (QED) is 0.214. The highest BCUT2D eigenvalue weighted by molar-refractivity contribution is 8.14. The van der Waals surface area contributed by atoms with Crippen LogP contribution >= 0.6 is 11.8 Å². The molecular weight excluding hydrogens is 497 g/mol. The molecule has 1 aliphatic rings. The minimum Gasteiger partial charge on any atom is -0.493 e. The summed E-state index contributed by atoms with van der Waals surface area (Å²) in [5.74, 6) is 0.449. The van der Waals surface area contributed by atoms with Gasteiger partial charge in [-0.05, 0) is 43.7 Å². The number of halogens is 3. The second-order valence-electron chi connectivity index (χ2n) is 9.49. The van der Waals surface area contributed by atoms with Gasteiger partial charge >= 0.3 is 6.18 Å². The van der Waals surface area contributed by atoms with Gasteiger partial charge in [0.15, 0.2) is 5.17 Å². The summed E-state index contributed by atoms with van der Waals surface area (Å²) in [4.78, 5) is 6.67. The van der Waals surface area contributed by atoms with Crippen LogP contribution in [0, 0.1) is 0 Å². The van der Waals surface area contributed by atoms with E-state index < -0.39 is 17.3 Å². The van der Waals surface area contributed by atoms with Crippen LogP contribution in [0.15, 0.2) is 59.7 Å². The Morgan fingerprint density at radius 1 is 1.16 bits per heavy atom. The fourth-order valence-corrected chi connectivity index (χ4v) is 5.26. The zero-order chi connectivity index (χ0) is 27.1. The molecule has 0 bridgehead atoms. The average Bonchev–Trinajstić information content (AvgIpc) is 3.24. The number of aliphatic imine (C=N–C) groups is 1. The molecular formula is C28H37F3N4OS. The van der Waals surface area contributed by atoms with Gasteiger partial charge < -0.3 is 20.7 Å². The summed E-state index contributed by atoms with van der Waals surface area (Å²) >= 11 is 1.44. The third kappa shape index (κ3) is 7.60. The SMILES string of the molecule is C=C(N(C)c1ccccc1N)C1(C)CSC(Nc2ccc(OCCCCCCCC)c(C(F)(F)F)c2)=N1. The lowest BCUT2D eigenvalue weighted by Crippen LogP contribution is -2.35. The standard InChI is InChI=1S/C28H37F3N4OS/c1-5-6-7-8-9-12-17-36-25-16-15-21(18-22(25)28(29,30)31)33-26-34-27(3,19-37-26)20(2)35(4)24-14-11-10-13-23(24)32/h10-11,13-16,18H,2,5-9,12,17,19,32H2,1,3-4H3,(H,33,34). The molecule has 2 aromatic rings. The number of nitrogens with one attached hydrogen (secondary N) is 1. The van der Waals surface area contributed by atoms with E-state index in [9.17, 15) is 13.2 Å². The first-order chi connectivity index (χ1) is 17.5. The molecule has 5 nitrogen and oxygen atoms in total. The number of nitrogens with two attached hydrogens (primary N) is 1. The molecule has 0 saturated heterocycles. The summed E-state index contributed by atoms with van der Waals surface area (Å²) in [7, 11) is 1.88. The largest absolute Gasteiger partial charge is 0.493 e. The Kier molecular flexibility index (Phi) is 9.81. The second kappa shape index (κ2) is 12.6. The Morgan fingerprint density at radius 2 is 1.86 bits per heavy atom. The zero-order valence-electron chi connectivity index (χ0n) is 21.8. The van der Waals surface area contributed by atoms with Crippen LogP contribution in [0.3, 0.4) is 0 Å². The third-order valence-corrected chi connectivity index (χ3v) is 7.63. The van der Waals surface area contributed by atoms with Crippen molar-refractivity contribution in [1.82, 2.24) is 0 Å². The Hall–Kier alpha value is -2.81. The number of alkyl halides is 3. The molecule has 0 radical (unpaired) electrons. The molecule has 2 aromatic carbocycles. The predicted molar refractivity (Wildman–Crippen MR) is 151 cm³/mol. The number of likely N-dealkylation sites (N-methyl/N-ethyl adjacent to an activating group) is 1. The lowest BCUT2D eigenvalue weighted by molar-refractivity contribution is -0.138. The summed E-state index contributed by atoms with van der Waals surface area (Å²) in [6, 6.07) is 11.5. The average molecular weight is 535 g/mol. The van der Waals surface area contributed by atoms with Gasteiger partial charge in [0.2, 0.25) is 0 Å². The van der Waals surface area contributed by atoms with E-state index in [0.717, 1.165) is 49.6 Å². The van der Waals surface area contributed by atoms with Gasteiger partial charge in [-0.1, -0.05) is 69.5 Å². The van der Waals surface area contributed by atoms with Crippen LogP contribution in [0.1, 0.15) is 57.9 Å². The van der Waals surface area contributed by atoms with Crippen LogP contribution in [0.4, 0.5) is 30.2 Å². The fourth-order valence-electron chi connectivity index (χ4n) is 4.15. The number of amidine groups is 1. The van der Waals surface area contributed by atoms with Crippen molar-refractivity contribution in [3.8, 4) is 5.75 Å². The topological polar surface area (TPSA) is 62.9 Å². The van der Waals surface area contributed by atoms with E-state index in [4.69, 9.17) is 15.5 Å². The number of thioether (sulfide) groups is 1. The van der Waals surface area contributed by atoms with E-state index in [2.05, 4.69) is 18.8 Å². The van der Waals surface area contributed by atoms with Crippen molar-refractivity contribution in [3.63, 3.8) is 0 Å². The number of unbranched alkanes of at least 4 members (excludes halogenated alkanes) is 5. The lowest BCUT2D eigenvalue weighted by Gasteiger charge is -2.32. The van der Waals surface area contributed by atoms with E-state index in [1.165, 1.54) is 24.2 Å². The number of rotatable bonds is 12. The molecule has 3 N–H and O–H groups in total. The molecule has 1 aliphatic heterocycles. The maximum absolute atomic E-state index is 13.8. The van der Waals surface area contributed by atoms with Gasteiger partial charge in [-0.25, -0.2) is 4.99 Å². The number of nitrogens with zero attached hydrogens (tertiary/aromatic N) is 2. The van der Waals surface area contributed by atoms with E-state index in [0.29, 0.717) is 22.3 Å². The van der Waals surface area contributed by atoms with Gasteiger partial charge in [-0.3, -0.25) is 0 Å². The molecule has 0 amide bonds. The summed E-state index contributed by atoms with van der Waals surface area (Å²) < 4.78 is 46.9. The molecule has 1 unspecified atom stereocenters. The highest BCUT2D eigenvalue weighted by Gasteiger charge is 2.37. The maximum atomic E-state index is 13.8. The molecule has 9 heteroatoms. The first kappa shape index (κ1) is 28.8. The molecule has 0 aromatic heterocycles. The molecule has 0 fully saturated rings. The van der Waals surface area contributed by atoms with Crippen molar-refractivity contribution in [1.29, 1.82) is 0 Å². The van der Waals surface area contributed by atoms with Crippen molar-refractivity contribution in [2.24, 2.45) is 4.99 Å². The third-order valence-electron chi connectivity index (χ3n) is 6.45. The predicted octanol–water partition coefficient (Wildman–Crippen LogP) is 7.95. The molecule has 3 rings (SSSR count). The highest BCUT2D eigenvalue weighted by Crippen LogP contribution is 2.40. The normalized spacial score (nSPS) is 17.4. The van der Waals surface area contributed by atoms with Crippen molar-refractivity contribution in [2.75, 3.05) is 35.4 Å². The van der Waals surface area contributed by atoms with Crippen LogP contribution in [-0.4, -0.2) is 30.1 Å². The van der Waals surface area contributed by atoms with E-state index in [1.807, 2.05) is 43.1 Å². The smallest absolute Gasteiger partial charge is 0.420 e. The fraction of sp³-hybridized carbons (Fsp3) is 0.464. The van der Waals surface area contributed by atoms with Gasteiger partial charge in [0.1, 0.15) is 11.3 Å². The second-order valence-corrected chi connectivity index (χ2v) is 10.5. The van der Waals surface area contributed by atoms with Crippen LogP contribution < -0.4 is 20.7 Å². The van der Waals surface area contributed by atoms with Crippen molar-refractivity contribution in [2.45, 2.75) is 64.1 Å². The van der Waals surface area contributed by atoms with Crippen LogP contribution in [0.2, 0.25) is 0 Å². The van der Waals surface area contributed by atoms with Gasteiger partial charge in [0, 0.05) is 24.2 Å². The molecule has 1 heterocycles. The summed E-state index contributed by atoms with van der Waals surface area (Å²) in [6.07, 6.45) is 1.72. The van der Waals surface area contributed by atoms with Gasteiger partial charge in [-0.15, -0.1) is 0 Å². The van der Waals surface area contributed by atoms with E-state index in [1.54, 1.807) is 6.07 Å². The molecule has 37 heavy (non-hydrogen) atoms. The van der Waals surface area contributed by atoms with Crippen LogP contribution in [0.5, 0.6) is 5.75 Å². The number of hydrogen-bond acceptors (Lipinski definition) is 6. The lowest BCUT2D eigenvalue weighted by atomic mass is 10.0. The molecule has 0 aliphatic carbocycles. The summed E-state index contributed by atoms with van der Waals surface area (Å²) in [5.41, 5.74) is 7.18. The first-order valence-corrected chi connectivity index (χ1v) is 13.6. The number of nitrogen functional groups attached to an aromatic ring is 1. The maximum Gasteiger partial charge on any atom is 0.420 e. The zero-order valence-corrected chi connectivity index (χ0v) is 22.6. The Balaban J connectivity index is 1.67. The first-order valence-electron chi connectivity index (χ1n) is 12.7. The molecule has 0 spiro atoms. The Bertz CT molecular complexity index is 1110. The van der Waals surface area contributed by atoms with Crippen LogP contribution in [0.25, 0.3) is 0 Å². The number of benzene rings is 2. The van der Waals surface area contributed by atoms with Gasteiger partial charge in [0.05, 0.1) is 23.5 Å². The number of ether oxygens (including phenoxy) is 1. The van der Waals surface area contributed by atoms with Crippen molar-refractivity contribution >= 4 is 34.0 Å².